The van der Waals surface area contributed by atoms with E-state index in [4.69, 9.17) is 0 Å². The number of fused-ring (bicyclic) bond motifs is 2. The average molecular weight is 322 g/mol. The van der Waals surface area contributed by atoms with Gasteiger partial charge in [-0.15, -0.1) is 0 Å². The van der Waals surface area contributed by atoms with Gasteiger partial charge in [-0.1, -0.05) is 15.9 Å². The van der Waals surface area contributed by atoms with Crippen molar-refractivity contribution in [1.29, 1.82) is 0 Å². The number of rotatable bonds is 1. The molecule has 2 aliphatic rings. The number of hydrogen-bond acceptors (Lipinski definition) is 2. The number of H-pyrrole nitrogens is 1. The summed E-state index contributed by atoms with van der Waals surface area (Å²) in [5.74, 6) is 1.30. The van der Waals surface area contributed by atoms with Gasteiger partial charge < -0.3 is 10.1 Å². The summed E-state index contributed by atoms with van der Waals surface area (Å²) in [6, 6.07) is 5.93. The minimum absolute atomic E-state index is 0.118. The van der Waals surface area contributed by atoms with E-state index in [0.29, 0.717) is 5.92 Å². The van der Waals surface area contributed by atoms with Gasteiger partial charge in [0.15, 0.2) is 0 Å². The van der Waals surface area contributed by atoms with Gasteiger partial charge in [-0.3, -0.25) is 4.90 Å². The second kappa shape index (κ2) is 3.72. The van der Waals surface area contributed by atoms with Gasteiger partial charge in [-0.2, -0.15) is 0 Å². The zero-order valence-corrected chi connectivity index (χ0v) is 11.6. The van der Waals surface area contributed by atoms with E-state index in [1.165, 1.54) is 0 Å². The molecule has 1 saturated heterocycles. The lowest BCUT2D eigenvalue weighted by atomic mass is 10.1. The molecule has 0 radical (unpaired) electrons. The Bertz CT molecular complexity index is 684. The maximum absolute atomic E-state index is 11.4. The number of piperidine rings is 1. The fourth-order valence-corrected chi connectivity index (χ4v) is 3.50. The quantitative estimate of drug-likeness (QED) is 0.847. The number of aromatic nitrogens is 2. The molecule has 1 aliphatic carbocycles. The van der Waals surface area contributed by atoms with Crippen molar-refractivity contribution >= 4 is 33.1 Å². The van der Waals surface area contributed by atoms with Gasteiger partial charge in [0.2, 0.25) is 0 Å². The lowest BCUT2D eigenvalue weighted by molar-refractivity contribution is 0.129. The van der Waals surface area contributed by atoms with Crippen molar-refractivity contribution in [2.75, 3.05) is 0 Å². The predicted molar refractivity (Wildman–Crippen MR) is 72.9 cm³/mol. The highest BCUT2D eigenvalue weighted by Crippen LogP contribution is 2.53. The fraction of sp³-hybridized carbons (Fsp3) is 0.385. The highest BCUT2D eigenvalue weighted by atomic mass is 79.9. The van der Waals surface area contributed by atoms with Crippen molar-refractivity contribution < 1.29 is 9.90 Å². The van der Waals surface area contributed by atoms with Crippen molar-refractivity contribution in [3.05, 3.63) is 28.5 Å². The highest BCUT2D eigenvalue weighted by molar-refractivity contribution is 9.10. The third kappa shape index (κ3) is 1.66. The number of nitrogens with zero attached hydrogens (tertiary/aromatic N) is 2. The lowest BCUT2D eigenvalue weighted by Gasteiger charge is -2.22. The van der Waals surface area contributed by atoms with Gasteiger partial charge in [0.25, 0.3) is 0 Å². The largest absolute Gasteiger partial charge is 0.465 e. The molecular formula is C13H12BrN3O2. The Morgan fingerprint density at radius 1 is 1.47 bits per heavy atom. The summed E-state index contributed by atoms with van der Waals surface area (Å²) in [7, 11) is 0. The molecular weight excluding hydrogens is 310 g/mol. The standard InChI is InChI=1S/C13H12BrN3O2/c14-7-1-2-8-9(5-7)16-12(15-8)11-4-6-3-10(6)17(11)13(18)19/h1-2,5-6,10-11H,3-4H2,(H,15,16)(H,18,19)/t6-,10-,11+/m1/s1. The Labute approximate surface area is 117 Å². The van der Waals surface area contributed by atoms with Crippen molar-refractivity contribution in [2.45, 2.75) is 24.9 Å². The van der Waals surface area contributed by atoms with E-state index < -0.39 is 6.09 Å². The zero-order chi connectivity index (χ0) is 13.1. The van der Waals surface area contributed by atoms with Crippen molar-refractivity contribution in [2.24, 2.45) is 5.92 Å². The SMILES string of the molecule is O=C(O)N1[C@@H]2C[C@@H]2C[C@H]1c1nc2ccc(Br)cc2[nH]1. The van der Waals surface area contributed by atoms with Crippen LogP contribution in [-0.4, -0.2) is 32.1 Å². The Hall–Kier alpha value is -1.56. The first-order chi connectivity index (χ1) is 9.13. The molecule has 0 unspecified atom stereocenters. The Morgan fingerprint density at radius 3 is 3.11 bits per heavy atom. The van der Waals surface area contributed by atoms with Crippen LogP contribution in [0.3, 0.4) is 0 Å². The smallest absolute Gasteiger partial charge is 0.408 e. The molecule has 1 aromatic carbocycles. The van der Waals surface area contributed by atoms with Crippen LogP contribution in [0, 0.1) is 5.92 Å². The van der Waals surface area contributed by atoms with Gasteiger partial charge >= 0.3 is 6.09 Å². The zero-order valence-electron chi connectivity index (χ0n) is 10.0. The van der Waals surface area contributed by atoms with Crippen LogP contribution >= 0.6 is 15.9 Å². The molecule has 1 saturated carbocycles. The van der Waals surface area contributed by atoms with Gasteiger partial charge in [0.05, 0.1) is 17.1 Å². The number of halogens is 1. The first-order valence-electron chi connectivity index (χ1n) is 6.30. The van der Waals surface area contributed by atoms with Gasteiger partial charge in [-0.05, 0) is 37.0 Å². The van der Waals surface area contributed by atoms with Crippen LogP contribution in [0.25, 0.3) is 11.0 Å². The molecule has 19 heavy (non-hydrogen) atoms. The number of likely N-dealkylation sites (tertiary alicyclic amines) is 1. The topological polar surface area (TPSA) is 69.2 Å². The third-order valence-electron chi connectivity index (χ3n) is 4.10. The van der Waals surface area contributed by atoms with Gasteiger partial charge in [0.1, 0.15) is 5.82 Å². The maximum atomic E-state index is 11.4. The van der Waals surface area contributed by atoms with Crippen LogP contribution < -0.4 is 0 Å². The first-order valence-corrected chi connectivity index (χ1v) is 7.09. The Morgan fingerprint density at radius 2 is 2.32 bits per heavy atom. The predicted octanol–water partition coefficient (Wildman–Crippen LogP) is 3.14. The number of hydrogen-bond donors (Lipinski definition) is 2. The number of amides is 1. The summed E-state index contributed by atoms with van der Waals surface area (Å²) < 4.78 is 0.986. The minimum atomic E-state index is -0.836. The van der Waals surface area contributed by atoms with Crippen LogP contribution in [0.5, 0.6) is 0 Å². The van der Waals surface area contributed by atoms with Crippen LogP contribution in [0.4, 0.5) is 4.79 Å². The number of benzene rings is 1. The molecule has 3 atom stereocenters. The number of aromatic amines is 1. The maximum Gasteiger partial charge on any atom is 0.408 e. The number of carbonyl (C=O) groups is 1. The second-order valence-electron chi connectivity index (χ2n) is 5.29. The Balaban J connectivity index is 1.75. The van der Waals surface area contributed by atoms with E-state index in [0.717, 1.165) is 34.2 Å². The van der Waals surface area contributed by atoms with E-state index in [1.807, 2.05) is 18.2 Å². The van der Waals surface area contributed by atoms with E-state index in [-0.39, 0.29) is 12.1 Å². The average Bonchev–Trinajstić information content (AvgIpc) is 2.86. The summed E-state index contributed by atoms with van der Waals surface area (Å²) in [4.78, 5) is 20.7. The molecule has 98 valence electrons. The molecule has 4 rings (SSSR count). The lowest BCUT2D eigenvalue weighted by Crippen LogP contribution is -2.32. The van der Waals surface area contributed by atoms with Crippen LogP contribution in [0.2, 0.25) is 0 Å². The number of imidazole rings is 1. The fourth-order valence-electron chi connectivity index (χ4n) is 3.14. The third-order valence-corrected chi connectivity index (χ3v) is 4.60. The van der Waals surface area contributed by atoms with Crippen molar-refractivity contribution in [3.8, 4) is 0 Å². The molecule has 5 nitrogen and oxygen atoms in total. The van der Waals surface area contributed by atoms with E-state index in [2.05, 4.69) is 25.9 Å². The van der Waals surface area contributed by atoms with Gasteiger partial charge in [0, 0.05) is 10.5 Å². The molecule has 2 heterocycles. The molecule has 2 N–H and O–H groups in total. The van der Waals surface area contributed by atoms with Crippen molar-refractivity contribution in [3.63, 3.8) is 0 Å². The summed E-state index contributed by atoms with van der Waals surface area (Å²) in [6.45, 7) is 0. The normalized spacial score (nSPS) is 28.7. The molecule has 1 aromatic heterocycles. The summed E-state index contributed by atoms with van der Waals surface area (Å²) >= 11 is 3.42. The summed E-state index contributed by atoms with van der Waals surface area (Å²) in [5.41, 5.74) is 1.82. The Kier molecular flexibility index (Phi) is 2.21. The summed E-state index contributed by atoms with van der Waals surface area (Å²) in [6.07, 6.45) is 1.06. The molecule has 1 aliphatic heterocycles. The van der Waals surface area contributed by atoms with E-state index >= 15 is 0 Å². The number of nitrogens with one attached hydrogen (secondary N) is 1. The van der Waals surface area contributed by atoms with Crippen molar-refractivity contribution in [1.82, 2.24) is 14.9 Å². The molecule has 2 fully saturated rings. The highest BCUT2D eigenvalue weighted by Gasteiger charge is 2.55. The van der Waals surface area contributed by atoms with Crippen LogP contribution in [-0.2, 0) is 0 Å². The van der Waals surface area contributed by atoms with E-state index in [1.54, 1.807) is 4.90 Å². The molecule has 1 amide bonds. The molecule has 0 bridgehead atoms. The minimum Gasteiger partial charge on any atom is -0.465 e. The van der Waals surface area contributed by atoms with E-state index in [9.17, 15) is 9.90 Å². The second-order valence-corrected chi connectivity index (χ2v) is 6.20. The first kappa shape index (κ1) is 11.3. The molecule has 6 heteroatoms. The number of carboxylic acid groups (broad SMARTS) is 1. The molecule has 0 spiro atoms. The molecule has 2 aromatic rings. The van der Waals surface area contributed by atoms with Crippen LogP contribution in [0.1, 0.15) is 24.7 Å². The van der Waals surface area contributed by atoms with Gasteiger partial charge in [-0.25, -0.2) is 9.78 Å². The summed E-state index contributed by atoms with van der Waals surface area (Å²) in [5, 5.41) is 9.34. The monoisotopic (exact) mass is 321 g/mol. The van der Waals surface area contributed by atoms with Crippen LogP contribution in [0.15, 0.2) is 22.7 Å².